The fraction of sp³-hybridized carbons (Fsp3) is 0.786. The largest absolute Gasteiger partial charge is 0.351 e. The number of nitrogens with zero attached hydrogens (tertiary/aromatic N) is 4. The van der Waals surface area contributed by atoms with Crippen molar-refractivity contribution in [3.05, 3.63) is 11.6 Å². The van der Waals surface area contributed by atoms with E-state index in [0.717, 1.165) is 30.9 Å². The van der Waals surface area contributed by atoms with Gasteiger partial charge in [-0.3, -0.25) is 9.69 Å². The lowest BCUT2D eigenvalue weighted by Gasteiger charge is -2.20. The van der Waals surface area contributed by atoms with Gasteiger partial charge in [-0.25, -0.2) is 0 Å². The Morgan fingerprint density at radius 1 is 1.48 bits per heavy atom. The highest BCUT2D eigenvalue weighted by molar-refractivity contribution is 5.78. The van der Waals surface area contributed by atoms with E-state index in [2.05, 4.69) is 22.4 Å². The molecule has 0 aromatic carbocycles. The zero-order chi connectivity index (χ0) is 15.8. The summed E-state index contributed by atoms with van der Waals surface area (Å²) in [5.74, 6) is 1.72. The molecule has 1 rings (SSSR count). The van der Waals surface area contributed by atoms with E-state index in [1.165, 1.54) is 0 Å². The van der Waals surface area contributed by atoms with E-state index < -0.39 is 0 Å². The van der Waals surface area contributed by atoms with E-state index in [1.54, 1.807) is 0 Å². The Morgan fingerprint density at radius 3 is 2.71 bits per heavy atom. The summed E-state index contributed by atoms with van der Waals surface area (Å²) in [6.45, 7) is 5.44. The number of nitrogens with one attached hydrogen (secondary N) is 1. The lowest BCUT2D eigenvalue weighted by molar-refractivity contribution is -0.122. The number of amides is 1. The predicted octanol–water partition coefficient (Wildman–Crippen LogP) is 0.189. The summed E-state index contributed by atoms with van der Waals surface area (Å²) in [5, 5.41) is 11.1. The Hall–Kier alpha value is -1.47. The van der Waals surface area contributed by atoms with Crippen LogP contribution in [0.25, 0.3) is 0 Å². The van der Waals surface area contributed by atoms with E-state index in [4.69, 9.17) is 5.73 Å². The summed E-state index contributed by atoms with van der Waals surface area (Å²) >= 11 is 0. The molecule has 1 aromatic heterocycles. The average molecular weight is 296 g/mol. The molecular formula is C14H28N6O. The van der Waals surface area contributed by atoms with Crippen molar-refractivity contribution in [3.63, 3.8) is 0 Å². The van der Waals surface area contributed by atoms with Crippen molar-refractivity contribution in [1.29, 1.82) is 0 Å². The third-order valence-electron chi connectivity index (χ3n) is 3.56. The fourth-order valence-corrected chi connectivity index (χ4v) is 2.10. The normalized spacial score (nSPS) is 12.7. The lowest BCUT2D eigenvalue weighted by Crippen LogP contribution is -2.44. The number of unbranched alkanes of at least 4 members (excludes halogenated alkanes) is 1. The Kier molecular flexibility index (Phi) is 7.31. The van der Waals surface area contributed by atoms with Crippen LogP contribution in [0.4, 0.5) is 0 Å². The molecule has 0 aliphatic carbocycles. The van der Waals surface area contributed by atoms with Crippen molar-refractivity contribution < 1.29 is 4.79 Å². The second-order valence-electron chi connectivity index (χ2n) is 5.54. The van der Waals surface area contributed by atoms with Crippen LogP contribution in [0, 0.1) is 6.92 Å². The van der Waals surface area contributed by atoms with E-state index in [1.807, 2.05) is 30.5 Å². The minimum absolute atomic E-state index is 0.00273. The van der Waals surface area contributed by atoms with Crippen LogP contribution in [0.5, 0.6) is 0 Å². The Bertz CT molecular complexity index is 445. The molecule has 0 aliphatic rings. The summed E-state index contributed by atoms with van der Waals surface area (Å²) in [4.78, 5) is 13.9. The molecule has 0 aliphatic heterocycles. The first-order valence-corrected chi connectivity index (χ1v) is 7.50. The second kappa shape index (κ2) is 8.74. The van der Waals surface area contributed by atoms with Crippen LogP contribution in [0.2, 0.25) is 0 Å². The second-order valence-corrected chi connectivity index (χ2v) is 5.54. The minimum Gasteiger partial charge on any atom is -0.351 e. The molecule has 0 saturated heterocycles. The highest BCUT2D eigenvalue weighted by Gasteiger charge is 2.14. The third kappa shape index (κ3) is 5.81. The molecule has 1 amide bonds. The van der Waals surface area contributed by atoms with E-state index in [-0.39, 0.29) is 11.9 Å². The van der Waals surface area contributed by atoms with Gasteiger partial charge in [-0.1, -0.05) is 19.8 Å². The van der Waals surface area contributed by atoms with Crippen LogP contribution >= 0.6 is 0 Å². The summed E-state index contributed by atoms with van der Waals surface area (Å²) in [7, 11) is 3.82. The summed E-state index contributed by atoms with van der Waals surface area (Å²) in [6.07, 6.45) is 3.12. The zero-order valence-electron chi connectivity index (χ0n) is 13.6. The highest BCUT2D eigenvalue weighted by Crippen LogP contribution is 2.02. The van der Waals surface area contributed by atoms with Gasteiger partial charge in [0.2, 0.25) is 5.91 Å². The van der Waals surface area contributed by atoms with Crippen LogP contribution in [0.1, 0.15) is 37.8 Å². The van der Waals surface area contributed by atoms with Gasteiger partial charge < -0.3 is 15.6 Å². The SMILES string of the molecule is CCCCC(CN)NC(=O)CN(C)Cc1nnc(C)n1C. The molecule has 3 N–H and O–H groups in total. The van der Waals surface area contributed by atoms with Gasteiger partial charge in [-0.05, 0) is 20.4 Å². The molecule has 0 fully saturated rings. The standard InChI is InChI=1S/C14H28N6O/c1-5-6-7-12(8-15)16-14(21)10-19(3)9-13-18-17-11(2)20(13)4/h12H,5-10,15H2,1-4H3,(H,16,21). The monoisotopic (exact) mass is 296 g/mol. The van der Waals surface area contributed by atoms with Crippen LogP contribution in [-0.2, 0) is 18.4 Å². The molecule has 1 unspecified atom stereocenters. The van der Waals surface area contributed by atoms with Gasteiger partial charge in [-0.2, -0.15) is 0 Å². The summed E-state index contributed by atoms with van der Waals surface area (Å²) < 4.78 is 1.93. The molecule has 7 heteroatoms. The number of carbonyl (C=O) groups is 1. The Labute approximate surface area is 126 Å². The van der Waals surface area contributed by atoms with E-state index >= 15 is 0 Å². The maximum Gasteiger partial charge on any atom is 0.234 e. The molecule has 1 heterocycles. The van der Waals surface area contributed by atoms with E-state index in [9.17, 15) is 4.79 Å². The average Bonchev–Trinajstić information content (AvgIpc) is 2.75. The first kappa shape index (κ1) is 17.6. The van der Waals surface area contributed by atoms with E-state index in [0.29, 0.717) is 19.6 Å². The quantitative estimate of drug-likeness (QED) is 0.679. The molecule has 1 aromatic rings. The van der Waals surface area contributed by atoms with Gasteiger partial charge in [0.05, 0.1) is 13.1 Å². The molecule has 0 spiro atoms. The molecule has 120 valence electrons. The lowest BCUT2D eigenvalue weighted by atomic mass is 10.1. The van der Waals surface area contributed by atoms with Gasteiger partial charge in [0.1, 0.15) is 11.6 Å². The molecule has 21 heavy (non-hydrogen) atoms. The molecule has 0 radical (unpaired) electrons. The number of aryl methyl sites for hydroxylation is 1. The number of rotatable bonds is 9. The van der Waals surface area contributed by atoms with Gasteiger partial charge in [-0.15, -0.1) is 10.2 Å². The molecule has 0 bridgehead atoms. The zero-order valence-corrected chi connectivity index (χ0v) is 13.6. The number of carbonyl (C=O) groups excluding carboxylic acids is 1. The number of hydrogen-bond donors (Lipinski definition) is 2. The van der Waals surface area contributed by atoms with Gasteiger partial charge >= 0.3 is 0 Å². The maximum absolute atomic E-state index is 12.0. The van der Waals surface area contributed by atoms with Gasteiger partial charge in [0, 0.05) is 19.6 Å². The van der Waals surface area contributed by atoms with Crippen LogP contribution in [-0.4, -0.2) is 51.8 Å². The first-order valence-electron chi connectivity index (χ1n) is 7.50. The summed E-state index contributed by atoms with van der Waals surface area (Å²) in [6, 6.07) is 0.0722. The van der Waals surface area contributed by atoms with Gasteiger partial charge in [0.25, 0.3) is 0 Å². The van der Waals surface area contributed by atoms with Crippen LogP contribution in [0.3, 0.4) is 0 Å². The molecular weight excluding hydrogens is 268 g/mol. The summed E-state index contributed by atoms with van der Waals surface area (Å²) in [5.41, 5.74) is 5.69. The third-order valence-corrected chi connectivity index (χ3v) is 3.56. The van der Waals surface area contributed by atoms with Crippen LogP contribution < -0.4 is 11.1 Å². The van der Waals surface area contributed by atoms with Crippen molar-refractivity contribution in [3.8, 4) is 0 Å². The Morgan fingerprint density at radius 2 is 2.19 bits per heavy atom. The molecule has 0 saturated carbocycles. The van der Waals surface area contributed by atoms with Crippen LogP contribution in [0.15, 0.2) is 0 Å². The maximum atomic E-state index is 12.0. The van der Waals surface area contributed by atoms with Crippen molar-refractivity contribution >= 4 is 5.91 Å². The smallest absolute Gasteiger partial charge is 0.234 e. The van der Waals surface area contributed by atoms with Crippen molar-refractivity contribution in [2.75, 3.05) is 20.1 Å². The fourth-order valence-electron chi connectivity index (χ4n) is 2.10. The van der Waals surface area contributed by atoms with Gasteiger partial charge in [0.15, 0.2) is 0 Å². The molecule has 1 atom stereocenters. The molecule has 7 nitrogen and oxygen atoms in total. The number of aromatic nitrogens is 3. The van der Waals surface area contributed by atoms with Crippen molar-refractivity contribution in [1.82, 2.24) is 25.0 Å². The number of nitrogens with two attached hydrogens (primary N) is 1. The first-order chi connectivity index (χ1) is 9.97. The highest BCUT2D eigenvalue weighted by atomic mass is 16.2. The number of likely N-dealkylation sites (N-methyl/N-ethyl adjacent to an activating group) is 1. The van der Waals surface area contributed by atoms with Crippen molar-refractivity contribution in [2.45, 2.75) is 45.7 Å². The minimum atomic E-state index is 0.00273. The Balaban J connectivity index is 2.41. The predicted molar refractivity (Wildman–Crippen MR) is 82.6 cm³/mol. The van der Waals surface area contributed by atoms with Crippen molar-refractivity contribution in [2.24, 2.45) is 12.8 Å². The number of hydrogen-bond acceptors (Lipinski definition) is 5. The topological polar surface area (TPSA) is 89.1 Å².